The molecule has 0 heterocycles. The predicted octanol–water partition coefficient (Wildman–Crippen LogP) is 0.805. The molecule has 0 aliphatic heterocycles. The van der Waals surface area contributed by atoms with Gasteiger partial charge >= 0.3 is 5.97 Å². The third-order valence-electron chi connectivity index (χ3n) is 2.33. The molecule has 0 rings (SSSR count). The molecule has 0 spiro atoms. The van der Waals surface area contributed by atoms with Gasteiger partial charge in [-0.15, -0.1) is 0 Å². The molecule has 0 aliphatic rings. The van der Waals surface area contributed by atoms with E-state index in [4.69, 9.17) is 5.11 Å². The topological polar surface area (TPSA) is 69.6 Å². The SMILES string of the molecule is CCC(C)(C)C(O)NCCC(=O)O. The van der Waals surface area contributed by atoms with Crippen LogP contribution in [0.25, 0.3) is 0 Å². The third kappa shape index (κ3) is 4.85. The van der Waals surface area contributed by atoms with Gasteiger partial charge in [0, 0.05) is 12.0 Å². The number of aliphatic carboxylic acids is 1. The molecule has 0 fully saturated rings. The number of aliphatic hydroxyl groups excluding tert-OH is 1. The molecular weight excluding hydrogens is 170 g/mol. The van der Waals surface area contributed by atoms with Gasteiger partial charge in [-0.1, -0.05) is 20.8 Å². The van der Waals surface area contributed by atoms with Crippen LogP contribution in [0.2, 0.25) is 0 Å². The molecule has 0 aromatic heterocycles. The summed E-state index contributed by atoms with van der Waals surface area (Å²) in [6.45, 7) is 6.17. The van der Waals surface area contributed by atoms with E-state index in [0.29, 0.717) is 6.54 Å². The number of carbonyl (C=O) groups is 1. The monoisotopic (exact) mass is 189 g/mol. The Morgan fingerprint density at radius 1 is 1.54 bits per heavy atom. The van der Waals surface area contributed by atoms with Crippen molar-refractivity contribution in [2.75, 3.05) is 6.54 Å². The lowest BCUT2D eigenvalue weighted by atomic mass is 9.88. The van der Waals surface area contributed by atoms with E-state index in [1.165, 1.54) is 0 Å². The maximum atomic E-state index is 10.2. The summed E-state index contributed by atoms with van der Waals surface area (Å²) in [7, 11) is 0. The fourth-order valence-electron chi connectivity index (χ4n) is 0.785. The minimum absolute atomic E-state index is 0.0385. The van der Waals surface area contributed by atoms with Crippen molar-refractivity contribution in [2.45, 2.75) is 39.8 Å². The van der Waals surface area contributed by atoms with Crippen molar-refractivity contribution in [3.05, 3.63) is 0 Å². The van der Waals surface area contributed by atoms with Crippen LogP contribution in [0.1, 0.15) is 33.6 Å². The normalized spacial score (nSPS) is 14.2. The molecule has 0 saturated heterocycles. The number of rotatable bonds is 6. The largest absolute Gasteiger partial charge is 0.481 e. The Balaban J connectivity index is 3.74. The number of carboxylic acids is 1. The van der Waals surface area contributed by atoms with Crippen LogP contribution in [-0.4, -0.2) is 29.0 Å². The zero-order valence-electron chi connectivity index (χ0n) is 8.50. The van der Waals surface area contributed by atoms with Gasteiger partial charge in [0.05, 0.1) is 6.42 Å². The molecule has 4 heteroatoms. The molecule has 13 heavy (non-hydrogen) atoms. The molecule has 1 atom stereocenters. The molecule has 0 radical (unpaired) electrons. The van der Waals surface area contributed by atoms with Crippen LogP contribution in [0.4, 0.5) is 0 Å². The van der Waals surface area contributed by atoms with Crippen molar-refractivity contribution >= 4 is 5.97 Å². The highest BCUT2D eigenvalue weighted by Gasteiger charge is 2.24. The predicted molar refractivity (Wildman–Crippen MR) is 50.3 cm³/mol. The van der Waals surface area contributed by atoms with Gasteiger partial charge in [0.2, 0.25) is 0 Å². The van der Waals surface area contributed by atoms with Gasteiger partial charge in [0.25, 0.3) is 0 Å². The second kappa shape index (κ2) is 5.19. The standard InChI is InChI=1S/C9H19NO3/c1-4-9(2,3)8(13)10-6-5-7(11)12/h8,10,13H,4-6H2,1-3H3,(H,11,12). The molecule has 0 amide bonds. The first-order chi connectivity index (χ1) is 5.90. The molecule has 0 aromatic rings. The first kappa shape index (κ1) is 12.4. The maximum absolute atomic E-state index is 10.2. The summed E-state index contributed by atoms with van der Waals surface area (Å²) in [5, 5.41) is 20.7. The summed E-state index contributed by atoms with van der Waals surface area (Å²) in [5.74, 6) is -0.853. The molecular formula is C9H19NO3. The number of hydrogen-bond acceptors (Lipinski definition) is 3. The third-order valence-corrected chi connectivity index (χ3v) is 2.33. The second-order valence-corrected chi connectivity index (χ2v) is 3.84. The van der Waals surface area contributed by atoms with Gasteiger partial charge in [0.1, 0.15) is 6.23 Å². The lowest BCUT2D eigenvalue weighted by Gasteiger charge is -2.29. The quantitative estimate of drug-likeness (QED) is 0.541. The van der Waals surface area contributed by atoms with E-state index in [0.717, 1.165) is 6.42 Å². The van der Waals surface area contributed by atoms with E-state index < -0.39 is 12.2 Å². The molecule has 0 saturated carbocycles. The van der Waals surface area contributed by atoms with E-state index in [9.17, 15) is 9.90 Å². The molecule has 4 nitrogen and oxygen atoms in total. The van der Waals surface area contributed by atoms with Gasteiger partial charge in [0.15, 0.2) is 0 Å². The molecule has 0 bridgehead atoms. The van der Waals surface area contributed by atoms with Crippen LogP contribution >= 0.6 is 0 Å². The average Bonchev–Trinajstić information content (AvgIpc) is 2.03. The Morgan fingerprint density at radius 2 is 2.08 bits per heavy atom. The summed E-state index contributed by atoms with van der Waals surface area (Å²) >= 11 is 0. The fraction of sp³-hybridized carbons (Fsp3) is 0.889. The van der Waals surface area contributed by atoms with Crippen molar-refractivity contribution in [3.63, 3.8) is 0 Å². The van der Waals surface area contributed by atoms with Crippen molar-refractivity contribution in [1.29, 1.82) is 0 Å². The van der Waals surface area contributed by atoms with Crippen molar-refractivity contribution in [2.24, 2.45) is 5.41 Å². The molecule has 0 aromatic carbocycles. The van der Waals surface area contributed by atoms with E-state index in [2.05, 4.69) is 5.32 Å². The first-order valence-corrected chi connectivity index (χ1v) is 4.53. The van der Waals surface area contributed by atoms with E-state index in [1.807, 2.05) is 20.8 Å². The summed E-state index contributed by atoms with van der Waals surface area (Å²) in [6.07, 6.45) is 0.238. The van der Waals surface area contributed by atoms with Crippen LogP contribution in [0.3, 0.4) is 0 Å². The Hall–Kier alpha value is -0.610. The highest BCUT2D eigenvalue weighted by atomic mass is 16.4. The zero-order chi connectivity index (χ0) is 10.5. The number of aliphatic hydroxyl groups is 1. The zero-order valence-corrected chi connectivity index (χ0v) is 8.50. The minimum Gasteiger partial charge on any atom is -0.481 e. The Morgan fingerprint density at radius 3 is 2.46 bits per heavy atom. The molecule has 78 valence electrons. The molecule has 3 N–H and O–H groups in total. The van der Waals surface area contributed by atoms with Gasteiger partial charge < -0.3 is 10.2 Å². The lowest BCUT2D eigenvalue weighted by Crippen LogP contribution is -2.42. The summed E-state index contributed by atoms with van der Waals surface area (Å²) in [5.41, 5.74) is -0.210. The summed E-state index contributed by atoms with van der Waals surface area (Å²) < 4.78 is 0. The van der Waals surface area contributed by atoms with Crippen LogP contribution in [0.15, 0.2) is 0 Å². The van der Waals surface area contributed by atoms with E-state index in [1.54, 1.807) is 0 Å². The Labute approximate surface area is 79.0 Å². The van der Waals surface area contributed by atoms with Crippen molar-refractivity contribution < 1.29 is 15.0 Å². The smallest absolute Gasteiger partial charge is 0.304 e. The number of hydrogen-bond donors (Lipinski definition) is 3. The molecule has 0 aliphatic carbocycles. The van der Waals surface area contributed by atoms with Gasteiger partial charge in [-0.25, -0.2) is 0 Å². The van der Waals surface area contributed by atoms with Gasteiger partial charge in [-0.05, 0) is 6.42 Å². The van der Waals surface area contributed by atoms with Gasteiger partial charge in [-0.2, -0.15) is 0 Å². The lowest BCUT2D eigenvalue weighted by molar-refractivity contribution is -0.137. The summed E-state index contributed by atoms with van der Waals surface area (Å²) in [4.78, 5) is 10.2. The van der Waals surface area contributed by atoms with Crippen LogP contribution in [0, 0.1) is 5.41 Å². The van der Waals surface area contributed by atoms with Gasteiger partial charge in [-0.3, -0.25) is 10.1 Å². The van der Waals surface area contributed by atoms with E-state index >= 15 is 0 Å². The first-order valence-electron chi connectivity index (χ1n) is 4.53. The fourth-order valence-corrected chi connectivity index (χ4v) is 0.785. The number of carboxylic acid groups (broad SMARTS) is 1. The average molecular weight is 189 g/mol. The molecule has 1 unspecified atom stereocenters. The van der Waals surface area contributed by atoms with E-state index in [-0.39, 0.29) is 11.8 Å². The Kier molecular flexibility index (Phi) is 4.95. The van der Waals surface area contributed by atoms with Crippen LogP contribution in [-0.2, 0) is 4.79 Å². The van der Waals surface area contributed by atoms with Crippen LogP contribution in [0.5, 0.6) is 0 Å². The highest BCUT2D eigenvalue weighted by Crippen LogP contribution is 2.22. The van der Waals surface area contributed by atoms with Crippen molar-refractivity contribution in [1.82, 2.24) is 5.32 Å². The minimum atomic E-state index is -0.853. The Bertz CT molecular complexity index is 168. The second-order valence-electron chi connectivity index (χ2n) is 3.84. The number of nitrogens with one attached hydrogen (secondary N) is 1. The highest BCUT2D eigenvalue weighted by molar-refractivity contribution is 5.66. The summed E-state index contributed by atoms with van der Waals surface area (Å²) in [6, 6.07) is 0. The van der Waals surface area contributed by atoms with Crippen LogP contribution < -0.4 is 5.32 Å². The maximum Gasteiger partial charge on any atom is 0.304 e. The van der Waals surface area contributed by atoms with Crippen molar-refractivity contribution in [3.8, 4) is 0 Å².